The molecule has 1 nitrogen and oxygen atoms in total. The summed E-state index contributed by atoms with van der Waals surface area (Å²) in [7, 11) is 4.29. The molecule has 0 amide bonds. The third kappa shape index (κ3) is 3.52. The minimum absolute atomic E-state index is 0.462. The highest BCUT2D eigenvalue weighted by Crippen LogP contribution is 2.45. The molecule has 5 radical (unpaired) electrons. The normalized spacial score (nSPS) is 20.2. The maximum atomic E-state index is 2.29. The second-order valence-electron chi connectivity index (χ2n) is 4.77. The van der Waals surface area contributed by atoms with Crippen molar-refractivity contribution in [2.75, 3.05) is 14.1 Å². The largest absolute Gasteiger partial charge is 0.305 e. The zero-order chi connectivity index (χ0) is 13.0. The third-order valence-corrected chi connectivity index (χ3v) is 4.74. The molecule has 0 saturated heterocycles. The van der Waals surface area contributed by atoms with Crippen LogP contribution in [0, 0.1) is 30.9 Å². The minimum Gasteiger partial charge on any atom is -0.305 e. The summed E-state index contributed by atoms with van der Waals surface area (Å²) in [5.41, 5.74) is 1.39. The molecule has 1 saturated carbocycles. The second-order valence-corrected chi connectivity index (χ2v) is 5.99. The van der Waals surface area contributed by atoms with Gasteiger partial charge in [-0.15, -0.1) is 11.8 Å². The van der Waals surface area contributed by atoms with Crippen LogP contribution in [-0.2, 0) is 0 Å². The summed E-state index contributed by atoms with van der Waals surface area (Å²) in [6.07, 6.45) is 8.57. The number of benzene rings is 1. The maximum Gasteiger partial charge on any atom is 0.0456 e. The van der Waals surface area contributed by atoms with Gasteiger partial charge in [-0.25, -0.2) is 0 Å². The molecule has 1 fully saturated rings. The molecular formula is C16H20NS. The Bertz CT molecular complexity index is 343. The molecule has 0 aromatic heterocycles. The van der Waals surface area contributed by atoms with E-state index in [1.54, 1.807) is 0 Å². The van der Waals surface area contributed by atoms with E-state index in [0.29, 0.717) is 11.3 Å². The van der Waals surface area contributed by atoms with Gasteiger partial charge in [-0.2, -0.15) is 0 Å². The first-order chi connectivity index (χ1) is 8.68. The molecule has 1 aromatic carbocycles. The van der Waals surface area contributed by atoms with Gasteiger partial charge in [-0.05, 0) is 52.3 Å². The Kier molecular flexibility index (Phi) is 5.13. The van der Waals surface area contributed by atoms with E-state index in [1.807, 2.05) is 11.8 Å². The molecule has 0 bridgehead atoms. The number of thioether (sulfide) groups is 1. The first kappa shape index (κ1) is 14.0. The second kappa shape index (κ2) is 6.63. The molecule has 0 aliphatic heterocycles. The summed E-state index contributed by atoms with van der Waals surface area (Å²) in [6, 6.07) is 11.3. The summed E-state index contributed by atoms with van der Waals surface area (Å²) in [6.45, 7) is 2.29. The van der Waals surface area contributed by atoms with Crippen molar-refractivity contribution >= 4 is 11.8 Å². The van der Waals surface area contributed by atoms with Crippen LogP contribution in [0.25, 0.3) is 0 Å². The maximum absolute atomic E-state index is 2.29. The lowest BCUT2D eigenvalue weighted by Crippen LogP contribution is -2.30. The van der Waals surface area contributed by atoms with Crippen LogP contribution in [0.1, 0.15) is 17.7 Å². The minimum atomic E-state index is 0.462. The van der Waals surface area contributed by atoms with Crippen LogP contribution in [0.3, 0.4) is 0 Å². The lowest BCUT2D eigenvalue weighted by atomic mass is 10.1. The molecule has 18 heavy (non-hydrogen) atoms. The lowest BCUT2D eigenvalue weighted by Gasteiger charge is -2.31. The quantitative estimate of drug-likeness (QED) is 0.791. The van der Waals surface area contributed by atoms with E-state index in [1.165, 1.54) is 10.8 Å². The summed E-state index contributed by atoms with van der Waals surface area (Å²) >= 11 is 1.94. The molecule has 0 N–H and O–H groups in total. The van der Waals surface area contributed by atoms with Gasteiger partial charge in [0.05, 0.1) is 0 Å². The van der Waals surface area contributed by atoms with Gasteiger partial charge in [0.2, 0.25) is 0 Å². The van der Waals surface area contributed by atoms with E-state index >= 15 is 0 Å². The van der Waals surface area contributed by atoms with Gasteiger partial charge >= 0.3 is 0 Å². The predicted molar refractivity (Wildman–Crippen MR) is 80.4 cm³/mol. The van der Waals surface area contributed by atoms with E-state index in [2.05, 4.69) is 81.9 Å². The average Bonchev–Trinajstić information content (AvgIpc) is 2.89. The number of rotatable bonds is 5. The number of likely N-dealkylation sites (N-methyl/N-ethyl adjacent to an activating group) is 1. The predicted octanol–water partition coefficient (Wildman–Crippen LogP) is 3.77. The van der Waals surface area contributed by atoms with Crippen molar-refractivity contribution in [2.24, 2.45) is 0 Å². The molecule has 0 spiro atoms. The molecule has 0 heterocycles. The molecule has 95 valence electrons. The zero-order valence-corrected chi connectivity index (χ0v) is 12.0. The summed E-state index contributed by atoms with van der Waals surface area (Å²) < 4.78 is 0. The Labute approximate surface area is 116 Å². The van der Waals surface area contributed by atoms with Crippen LogP contribution in [-0.4, -0.2) is 25.0 Å². The van der Waals surface area contributed by atoms with Crippen molar-refractivity contribution in [3.63, 3.8) is 0 Å². The van der Waals surface area contributed by atoms with Crippen LogP contribution in [0.4, 0.5) is 0 Å². The number of nitrogens with zero attached hydrogens (tertiary/aromatic N) is 1. The highest BCUT2D eigenvalue weighted by molar-refractivity contribution is 8.02. The fourth-order valence-electron chi connectivity index (χ4n) is 1.94. The monoisotopic (exact) mass is 258 g/mol. The van der Waals surface area contributed by atoms with Crippen LogP contribution in [0.15, 0.2) is 30.3 Å². The van der Waals surface area contributed by atoms with Crippen molar-refractivity contribution in [1.82, 2.24) is 4.90 Å². The molecule has 2 heteroatoms. The van der Waals surface area contributed by atoms with Gasteiger partial charge in [0.25, 0.3) is 0 Å². The number of hydrogen-bond acceptors (Lipinski definition) is 2. The Morgan fingerprint density at radius 3 is 2.17 bits per heavy atom. The molecular weight excluding hydrogens is 238 g/mol. The van der Waals surface area contributed by atoms with Gasteiger partial charge in [0.15, 0.2) is 0 Å². The molecule has 1 aromatic rings. The van der Waals surface area contributed by atoms with Crippen LogP contribution >= 0.6 is 11.8 Å². The van der Waals surface area contributed by atoms with E-state index < -0.39 is 0 Å². The first-order valence-electron chi connectivity index (χ1n) is 6.28. The van der Waals surface area contributed by atoms with Gasteiger partial charge in [-0.1, -0.05) is 30.3 Å². The molecule has 1 aliphatic carbocycles. The van der Waals surface area contributed by atoms with Crippen molar-refractivity contribution in [2.45, 2.75) is 18.2 Å². The Morgan fingerprint density at radius 1 is 1.00 bits per heavy atom. The molecule has 2 atom stereocenters. The molecule has 0 unspecified atom stereocenters. The van der Waals surface area contributed by atoms with Gasteiger partial charge in [0, 0.05) is 16.5 Å². The van der Waals surface area contributed by atoms with Crippen molar-refractivity contribution < 1.29 is 0 Å². The topological polar surface area (TPSA) is 3.24 Å². The Morgan fingerprint density at radius 2 is 1.61 bits per heavy atom. The van der Waals surface area contributed by atoms with Gasteiger partial charge < -0.3 is 4.90 Å². The van der Waals surface area contributed by atoms with Gasteiger partial charge in [0.1, 0.15) is 0 Å². The average molecular weight is 258 g/mol. The van der Waals surface area contributed by atoms with Gasteiger partial charge in [-0.3, -0.25) is 0 Å². The van der Waals surface area contributed by atoms with E-state index in [9.17, 15) is 0 Å². The zero-order valence-electron chi connectivity index (χ0n) is 11.2. The fraction of sp³-hybridized carbons (Fsp3) is 0.312. The molecule has 2 rings (SSSR count). The Hall–Kier alpha value is -0.470. The lowest BCUT2D eigenvalue weighted by molar-refractivity contribution is 0.308. The van der Waals surface area contributed by atoms with Crippen LogP contribution < -0.4 is 0 Å². The van der Waals surface area contributed by atoms with E-state index in [-0.39, 0.29) is 0 Å². The first-order valence-corrected chi connectivity index (χ1v) is 7.16. The third-order valence-electron chi connectivity index (χ3n) is 3.28. The smallest absolute Gasteiger partial charge is 0.0456 e. The van der Waals surface area contributed by atoms with Crippen LogP contribution in [0.5, 0.6) is 0 Å². The van der Waals surface area contributed by atoms with Crippen molar-refractivity contribution in [1.29, 1.82) is 0 Å². The summed E-state index contributed by atoms with van der Waals surface area (Å²) in [5.74, 6) is 0. The van der Waals surface area contributed by atoms with Crippen LogP contribution in [0.2, 0.25) is 0 Å². The summed E-state index contributed by atoms with van der Waals surface area (Å²) in [4.78, 5) is 2.29. The van der Waals surface area contributed by atoms with Crippen molar-refractivity contribution in [3.05, 3.63) is 66.8 Å². The van der Waals surface area contributed by atoms with Crippen molar-refractivity contribution in [3.8, 4) is 0 Å². The van der Waals surface area contributed by atoms with E-state index in [0.717, 1.165) is 0 Å². The summed E-state index contributed by atoms with van der Waals surface area (Å²) in [5, 5.41) is 1.81. The number of hydrogen-bond donors (Lipinski definition) is 0. The SMILES string of the molecule is C[C@@H]([C@H](S[C]1[CH][CH][CH][CH]1)c1ccccc1)N(C)C. The van der Waals surface area contributed by atoms with E-state index in [4.69, 9.17) is 0 Å². The highest BCUT2D eigenvalue weighted by atomic mass is 32.2. The fourth-order valence-corrected chi connectivity index (χ4v) is 3.28. The molecule has 1 aliphatic rings. The Balaban J connectivity index is 2.11. The highest BCUT2D eigenvalue weighted by Gasteiger charge is 2.27. The standard InChI is InChI=1S/C16H20NS/c1-13(17(2)3)16(14-9-5-4-6-10-14)18-15-11-7-8-12-15/h4-13,16H,1-3H3/t13-,16-/m0/s1.